The molecule has 286 valence electrons. The van der Waals surface area contributed by atoms with Gasteiger partial charge in [0.25, 0.3) is 0 Å². The van der Waals surface area contributed by atoms with Crippen LogP contribution in [0.3, 0.4) is 0 Å². The molecule has 2 atom stereocenters. The number of hydrogen-bond donors (Lipinski definition) is 0. The van der Waals surface area contributed by atoms with Gasteiger partial charge in [-0.3, -0.25) is 0 Å². The molecule has 1 saturated heterocycles. The number of fused-ring (bicyclic) bond motifs is 7. The summed E-state index contributed by atoms with van der Waals surface area (Å²) in [5.74, 6) is 1.26. The predicted octanol–water partition coefficient (Wildman–Crippen LogP) is 14.4. The minimum Gasteiger partial charge on any atom is -0.337 e. The summed E-state index contributed by atoms with van der Waals surface area (Å²) in [6.45, 7) is 0.967. The second kappa shape index (κ2) is 15.5. The Morgan fingerprint density at radius 3 is 2.34 bits per heavy atom. The molecule has 4 heteroatoms. The molecule has 3 nitrogen and oxygen atoms in total. The van der Waals surface area contributed by atoms with Crippen LogP contribution < -0.4 is 4.90 Å². The van der Waals surface area contributed by atoms with Crippen molar-refractivity contribution in [2.24, 2.45) is 0 Å². The molecule has 59 heavy (non-hydrogen) atoms. The lowest BCUT2D eigenvalue weighted by Crippen LogP contribution is -2.43. The maximum absolute atomic E-state index is 5.52. The van der Waals surface area contributed by atoms with Crippen LogP contribution >= 0.6 is 11.3 Å². The molecule has 0 radical (unpaired) electrons. The van der Waals surface area contributed by atoms with Crippen molar-refractivity contribution in [3.8, 4) is 44.6 Å². The van der Waals surface area contributed by atoms with Crippen LogP contribution in [0.25, 0.3) is 77.8 Å². The number of benzene rings is 5. The van der Waals surface area contributed by atoms with Gasteiger partial charge in [-0.15, -0.1) is 11.3 Å². The Morgan fingerprint density at radius 2 is 1.41 bits per heavy atom. The highest BCUT2D eigenvalue weighted by Gasteiger charge is 2.36. The zero-order valence-corrected chi connectivity index (χ0v) is 34.0. The van der Waals surface area contributed by atoms with Crippen LogP contribution in [0, 0.1) is 12.1 Å². The molecule has 8 aromatic rings. The van der Waals surface area contributed by atoms with Gasteiger partial charge in [0.15, 0.2) is 0 Å². The van der Waals surface area contributed by atoms with Gasteiger partial charge < -0.3 is 4.90 Å². The number of para-hydroxylation sites is 1. The lowest BCUT2D eigenvalue weighted by atomic mass is 9.75. The molecule has 0 saturated carbocycles. The molecule has 0 bridgehead atoms. The highest BCUT2D eigenvalue weighted by Crippen LogP contribution is 2.44. The summed E-state index contributed by atoms with van der Waals surface area (Å²) < 4.78 is 1.32. The maximum Gasteiger partial charge on any atom is 0.226 e. The molecule has 0 N–H and O–H groups in total. The number of nitrogens with zero attached hydrogens (tertiary/aromatic N) is 3. The fourth-order valence-corrected chi connectivity index (χ4v) is 11.1. The van der Waals surface area contributed by atoms with Crippen molar-refractivity contribution in [2.75, 3.05) is 11.4 Å². The van der Waals surface area contributed by atoms with Crippen molar-refractivity contribution < 1.29 is 0 Å². The minimum absolute atomic E-state index is 0.324. The maximum atomic E-state index is 5.52. The number of hydrogen-bond acceptors (Lipinski definition) is 4. The summed E-state index contributed by atoms with van der Waals surface area (Å²) in [6.07, 6.45) is 18.3. The van der Waals surface area contributed by atoms with Gasteiger partial charge in [-0.1, -0.05) is 147 Å². The van der Waals surface area contributed by atoms with E-state index in [1.54, 1.807) is 0 Å². The van der Waals surface area contributed by atoms with Gasteiger partial charge in [0.05, 0.1) is 11.2 Å². The summed E-state index contributed by atoms with van der Waals surface area (Å²) in [7, 11) is 0. The molecule has 0 amide bonds. The Bertz CT molecular complexity index is 2880. The first-order valence-electron chi connectivity index (χ1n) is 21.4. The molecular formula is C55H45N3S. The smallest absolute Gasteiger partial charge is 0.226 e. The van der Waals surface area contributed by atoms with Crippen LogP contribution in [-0.4, -0.2) is 22.6 Å². The van der Waals surface area contributed by atoms with Gasteiger partial charge in [-0.05, 0) is 96.3 Å². The molecule has 6 aromatic carbocycles. The first-order chi connectivity index (χ1) is 29.2. The molecular weight excluding hydrogens is 735 g/mol. The van der Waals surface area contributed by atoms with E-state index in [-0.39, 0.29) is 0 Å². The molecule has 11 rings (SSSR count). The van der Waals surface area contributed by atoms with Gasteiger partial charge in [-0.2, -0.15) is 0 Å². The molecule has 3 aliphatic rings. The molecule has 1 aliphatic heterocycles. The van der Waals surface area contributed by atoms with Crippen molar-refractivity contribution in [1.29, 1.82) is 0 Å². The van der Waals surface area contributed by atoms with Crippen LogP contribution in [0.5, 0.6) is 0 Å². The summed E-state index contributed by atoms with van der Waals surface area (Å²) in [4.78, 5) is 14.8. The summed E-state index contributed by atoms with van der Waals surface area (Å²) in [6, 6.07) is 53.9. The largest absolute Gasteiger partial charge is 0.337 e. The van der Waals surface area contributed by atoms with Gasteiger partial charge in [0.1, 0.15) is 0 Å². The van der Waals surface area contributed by atoms with Gasteiger partial charge >= 0.3 is 0 Å². The number of allylic oxidation sites excluding steroid dienone is 2. The number of thiophene rings is 1. The third-order valence-electron chi connectivity index (χ3n) is 12.8. The van der Waals surface area contributed by atoms with Crippen molar-refractivity contribution >= 4 is 50.4 Å². The zero-order chi connectivity index (χ0) is 39.1. The monoisotopic (exact) mass is 779 g/mol. The van der Waals surface area contributed by atoms with Crippen molar-refractivity contribution in [3.63, 3.8) is 0 Å². The average molecular weight is 780 g/mol. The van der Waals surface area contributed by atoms with E-state index in [0.29, 0.717) is 12.0 Å². The van der Waals surface area contributed by atoms with E-state index in [9.17, 15) is 0 Å². The molecule has 0 spiro atoms. The minimum atomic E-state index is 0.324. The quantitative estimate of drug-likeness (QED) is 0.174. The molecule has 1 fully saturated rings. The highest BCUT2D eigenvalue weighted by atomic mass is 32.1. The Morgan fingerprint density at radius 1 is 0.610 bits per heavy atom. The van der Waals surface area contributed by atoms with Crippen LogP contribution in [-0.2, 0) is 6.42 Å². The van der Waals surface area contributed by atoms with E-state index in [1.165, 1.54) is 79.6 Å². The van der Waals surface area contributed by atoms with E-state index < -0.39 is 0 Å². The van der Waals surface area contributed by atoms with Crippen LogP contribution in [0.2, 0.25) is 0 Å². The van der Waals surface area contributed by atoms with E-state index >= 15 is 0 Å². The lowest BCUT2D eigenvalue weighted by Gasteiger charge is -2.41. The van der Waals surface area contributed by atoms with Crippen molar-refractivity contribution in [3.05, 3.63) is 173 Å². The Hall–Kier alpha value is -6.28. The summed E-state index contributed by atoms with van der Waals surface area (Å²) in [5.41, 5.74) is 14.5. The number of rotatable bonds is 5. The standard InChI is InChI=1S/C55H45N3S/c1-2-12-34-58(55-56-50-24-11-10-21-48(50)53(57-55)43-18-13-17-41(35-43)37-15-5-3-6-16-37)51-33-32-40-30-31-42(36-49(40)45(51)19-7-1)38-26-28-39(29-27-38)44-22-14-23-47-46-20-8-4-9-25-52(46)59-54(44)47/h3,5-6,8-11,13-18,20-26,28,30-31,35-36,45,51H,1-2,4,7,12,19,32-34H2. The molecule has 3 heterocycles. The van der Waals surface area contributed by atoms with Crippen molar-refractivity contribution in [1.82, 2.24) is 9.97 Å². The second-order valence-electron chi connectivity index (χ2n) is 16.4. The normalized spacial score (nSPS) is 17.6. The van der Waals surface area contributed by atoms with Gasteiger partial charge in [0, 0.05) is 66.7 Å². The van der Waals surface area contributed by atoms with Crippen LogP contribution in [0.4, 0.5) is 5.95 Å². The average Bonchev–Trinajstić information content (AvgIpc) is 3.55. The SMILES string of the molecule is c1c(-c2ccc3c(c2)C2CCCCCCN(c4nc(-c5cccc(-c6ccccc6)c5)c5ccccc5n4)C2CC3)ccc(-c2cccc3c4c(sc23)C=CCC=C4)c#1. The predicted molar refractivity (Wildman–Crippen MR) is 249 cm³/mol. The molecule has 2 aliphatic carbocycles. The van der Waals surface area contributed by atoms with Gasteiger partial charge in [-0.25, -0.2) is 9.97 Å². The van der Waals surface area contributed by atoms with Crippen molar-refractivity contribution in [2.45, 2.75) is 63.3 Å². The first kappa shape index (κ1) is 35.8. The fourth-order valence-electron chi connectivity index (χ4n) is 9.89. The highest BCUT2D eigenvalue weighted by molar-refractivity contribution is 7.20. The third-order valence-corrected chi connectivity index (χ3v) is 14.1. The van der Waals surface area contributed by atoms with E-state index in [0.717, 1.165) is 71.5 Å². The van der Waals surface area contributed by atoms with Gasteiger partial charge in [0.2, 0.25) is 5.95 Å². The second-order valence-corrected chi connectivity index (χ2v) is 17.4. The number of aryl methyl sites for hydroxylation is 1. The van der Waals surface area contributed by atoms with Crippen LogP contribution in [0.15, 0.2) is 140 Å². The fraction of sp³-hybridized carbons (Fsp3) is 0.200. The van der Waals surface area contributed by atoms with Crippen LogP contribution in [0.1, 0.15) is 72.4 Å². The Balaban J connectivity index is 0.943. The summed E-state index contributed by atoms with van der Waals surface area (Å²) in [5, 5.41) is 2.41. The number of anilines is 1. The Kier molecular flexibility index (Phi) is 9.40. The zero-order valence-electron chi connectivity index (χ0n) is 33.2. The lowest BCUT2D eigenvalue weighted by molar-refractivity contribution is 0.413. The number of aromatic nitrogens is 2. The molecule has 2 unspecified atom stereocenters. The van der Waals surface area contributed by atoms with E-state index in [4.69, 9.17) is 9.97 Å². The van der Waals surface area contributed by atoms with E-state index in [2.05, 4.69) is 169 Å². The topological polar surface area (TPSA) is 29.0 Å². The van der Waals surface area contributed by atoms with E-state index in [1.807, 2.05) is 11.3 Å². The molecule has 2 aromatic heterocycles. The third kappa shape index (κ3) is 6.74. The Labute approximate surface area is 351 Å². The summed E-state index contributed by atoms with van der Waals surface area (Å²) >= 11 is 1.88. The first-order valence-corrected chi connectivity index (χ1v) is 22.2.